The maximum atomic E-state index is 14.2. The van der Waals surface area contributed by atoms with Crippen molar-refractivity contribution in [2.75, 3.05) is 5.32 Å². The normalized spacial score (nSPS) is 21.6. The van der Waals surface area contributed by atoms with Gasteiger partial charge in [0.25, 0.3) is 0 Å². The van der Waals surface area contributed by atoms with E-state index in [0.29, 0.717) is 18.1 Å². The topological polar surface area (TPSA) is 61.9 Å². The van der Waals surface area contributed by atoms with Gasteiger partial charge < -0.3 is 11.1 Å². The Morgan fingerprint density at radius 3 is 2.52 bits per heavy atom. The van der Waals surface area contributed by atoms with Crippen LogP contribution in [0.3, 0.4) is 0 Å². The summed E-state index contributed by atoms with van der Waals surface area (Å²) in [5, 5.41) is 11.1. The highest BCUT2D eigenvalue weighted by atomic mass is 19.4. The molecule has 4 N–H and O–H groups in total. The Hall–Kier alpha value is -3.35. The van der Waals surface area contributed by atoms with Gasteiger partial charge in [0.2, 0.25) is 0 Å². The number of nitrogen functional groups attached to an aromatic ring is 1. The summed E-state index contributed by atoms with van der Waals surface area (Å²) >= 11 is 0. The van der Waals surface area contributed by atoms with Crippen LogP contribution >= 0.6 is 0 Å². The van der Waals surface area contributed by atoms with Gasteiger partial charge in [-0.05, 0) is 71.0 Å². The van der Waals surface area contributed by atoms with Crippen LogP contribution in [0.4, 0.5) is 23.2 Å². The number of halogens is 4. The molecule has 0 fully saturated rings. The fourth-order valence-corrected chi connectivity index (χ4v) is 5.01. The van der Waals surface area contributed by atoms with Crippen LogP contribution in [0.1, 0.15) is 45.3 Å². The third-order valence-electron chi connectivity index (χ3n) is 6.32. The van der Waals surface area contributed by atoms with Crippen molar-refractivity contribution in [3.8, 4) is 0 Å². The molecule has 7 heteroatoms. The number of benzene rings is 3. The lowest BCUT2D eigenvalue weighted by molar-refractivity contribution is -0.137. The Morgan fingerprint density at radius 1 is 1.00 bits per heavy atom. The minimum atomic E-state index is -4.63. The Kier molecular flexibility index (Phi) is 4.32. The van der Waals surface area contributed by atoms with E-state index in [4.69, 9.17) is 11.1 Å². The fourth-order valence-electron chi connectivity index (χ4n) is 5.01. The molecule has 5 rings (SSSR count). The summed E-state index contributed by atoms with van der Waals surface area (Å²) in [6, 6.07) is 15.5. The summed E-state index contributed by atoms with van der Waals surface area (Å²) in [6.45, 7) is 0. The monoisotopic (exact) mass is 425 g/mol. The molecule has 3 aromatic carbocycles. The molecular weight excluding hydrogens is 406 g/mol. The number of fused-ring (bicyclic) bond motifs is 5. The average molecular weight is 425 g/mol. The number of anilines is 1. The van der Waals surface area contributed by atoms with E-state index < -0.39 is 23.6 Å². The highest BCUT2D eigenvalue weighted by Gasteiger charge is 2.44. The molecule has 0 radical (unpaired) electrons. The van der Waals surface area contributed by atoms with Crippen LogP contribution in [0, 0.1) is 17.1 Å². The minimum absolute atomic E-state index is 0.0484. The second-order valence-electron chi connectivity index (χ2n) is 8.15. The SMILES string of the molecule is N=C(N)c1ccc2c(c1)C1c3ccccc3CC1C(c1cc(F)cc(C(F)(F)F)c1)N2. The molecule has 1 aliphatic carbocycles. The van der Waals surface area contributed by atoms with E-state index in [1.807, 2.05) is 30.3 Å². The molecule has 3 aromatic rings. The maximum absolute atomic E-state index is 14.2. The van der Waals surface area contributed by atoms with Crippen LogP contribution in [0.5, 0.6) is 0 Å². The van der Waals surface area contributed by atoms with Crippen LogP contribution in [-0.4, -0.2) is 5.84 Å². The number of nitrogens with two attached hydrogens (primary N) is 1. The smallest absolute Gasteiger partial charge is 0.384 e. The van der Waals surface area contributed by atoms with E-state index >= 15 is 0 Å². The van der Waals surface area contributed by atoms with Gasteiger partial charge in [0, 0.05) is 17.2 Å². The Balaban J connectivity index is 1.68. The van der Waals surface area contributed by atoms with E-state index in [9.17, 15) is 17.6 Å². The molecule has 0 spiro atoms. The zero-order valence-corrected chi connectivity index (χ0v) is 16.3. The van der Waals surface area contributed by atoms with E-state index in [-0.39, 0.29) is 23.2 Å². The van der Waals surface area contributed by atoms with Crippen molar-refractivity contribution in [1.29, 1.82) is 5.41 Å². The highest BCUT2D eigenvalue weighted by molar-refractivity contribution is 5.95. The van der Waals surface area contributed by atoms with Gasteiger partial charge in [0.1, 0.15) is 11.7 Å². The summed E-state index contributed by atoms with van der Waals surface area (Å²) in [5.41, 5.74) is 9.49. The molecule has 0 amide bonds. The third-order valence-corrected chi connectivity index (χ3v) is 6.32. The summed E-state index contributed by atoms with van der Waals surface area (Å²) in [5.74, 6) is -1.14. The van der Waals surface area contributed by atoms with E-state index in [1.54, 1.807) is 12.1 Å². The van der Waals surface area contributed by atoms with Crippen molar-refractivity contribution in [1.82, 2.24) is 0 Å². The standard InChI is InChI=1S/C24H19F4N3/c25-16-8-14(7-15(11-16)24(26,27)28)22-19-9-12-3-1-2-4-17(12)21(19)18-10-13(23(29)30)5-6-20(18)31-22/h1-8,10-11,19,21-22,31H,9H2,(H3,29,30). The number of alkyl halides is 3. The number of amidine groups is 1. The third kappa shape index (κ3) is 3.24. The van der Waals surface area contributed by atoms with Gasteiger partial charge in [-0.15, -0.1) is 0 Å². The van der Waals surface area contributed by atoms with Crippen LogP contribution in [0.2, 0.25) is 0 Å². The van der Waals surface area contributed by atoms with Gasteiger partial charge in [-0.25, -0.2) is 4.39 Å². The van der Waals surface area contributed by atoms with Crippen LogP contribution in [0.25, 0.3) is 0 Å². The second-order valence-corrected chi connectivity index (χ2v) is 8.15. The first kappa shape index (κ1) is 19.6. The van der Waals surface area contributed by atoms with Gasteiger partial charge in [0.15, 0.2) is 0 Å². The van der Waals surface area contributed by atoms with Crippen molar-refractivity contribution >= 4 is 11.5 Å². The van der Waals surface area contributed by atoms with Gasteiger partial charge in [-0.3, -0.25) is 5.41 Å². The molecule has 31 heavy (non-hydrogen) atoms. The van der Waals surface area contributed by atoms with Gasteiger partial charge >= 0.3 is 6.18 Å². The molecule has 3 unspecified atom stereocenters. The van der Waals surface area contributed by atoms with Gasteiger partial charge in [0.05, 0.1) is 11.6 Å². The summed E-state index contributed by atoms with van der Waals surface area (Å²) in [4.78, 5) is 0. The fraction of sp³-hybridized carbons (Fsp3) is 0.208. The first-order chi connectivity index (χ1) is 14.7. The Labute approximate surface area is 176 Å². The first-order valence-electron chi connectivity index (χ1n) is 9.93. The van der Waals surface area contributed by atoms with Crippen molar-refractivity contribution in [2.24, 2.45) is 11.7 Å². The van der Waals surface area contributed by atoms with Crippen molar-refractivity contribution in [3.05, 3.63) is 99.9 Å². The van der Waals surface area contributed by atoms with Crippen molar-refractivity contribution in [2.45, 2.75) is 24.6 Å². The van der Waals surface area contributed by atoms with E-state index in [0.717, 1.165) is 28.4 Å². The molecule has 2 aliphatic rings. The lowest BCUT2D eigenvalue weighted by atomic mass is 9.75. The van der Waals surface area contributed by atoms with Crippen LogP contribution in [-0.2, 0) is 12.6 Å². The predicted molar refractivity (Wildman–Crippen MR) is 111 cm³/mol. The second kappa shape index (κ2) is 6.83. The first-order valence-corrected chi connectivity index (χ1v) is 9.93. The Bertz CT molecular complexity index is 1200. The zero-order valence-electron chi connectivity index (χ0n) is 16.3. The predicted octanol–water partition coefficient (Wildman–Crippen LogP) is 5.60. The molecule has 0 saturated carbocycles. The molecule has 1 aliphatic heterocycles. The lowest BCUT2D eigenvalue weighted by Crippen LogP contribution is -2.31. The maximum Gasteiger partial charge on any atom is 0.416 e. The number of hydrogen-bond donors (Lipinski definition) is 3. The Morgan fingerprint density at radius 2 is 1.77 bits per heavy atom. The molecule has 1 heterocycles. The molecule has 3 nitrogen and oxygen atoms in total. The molecular formula is C24H19F4N3. The van der Waals surface area contributed by atoms with Crippen LogP contribution < -0.4 is 11.1 Å². The van der Waals surface area contributed by atoms with Crippen molar-refractivity contribution < 1.29 is 17.6 Å². The van der Waals surface area contributed by atoms with Gasteiger partial charge in [-0.1, -0.05) is 24.3 Å². The largest absolute Gasteiger partial charge is 0.416 e. The molecule has 0 bridgehead atoms. The lowest BCUT2D eigenvalue weighted by Gasteiger charge is -2.38. The van der Waals surface area contributed by atoms with Gasteiger partial charge in [-0.2, -0.15) is 13.2 Å². The molecule has 3 atom stereocenters. The molecule has 158 valence electrons. The van der Waals surface area contributed by atoms with Crippen LogP contribution in [0.15, 0.2) is 60.7 Å². The zero-order chi connectivity index (χ0) is 21.9. The molecule has 0 aromatic heterocycles. The minimum Gasteiger partial charge on any atom is -0.384 e. The number of rotatable bonds is 2. The summed E-state index contributed by atoms with van der Waals surface area (Å²) in [7, 11) is 0. The number of hydrogen-bond acceptors (Lipinski definition) is 2. The number of nitrogens with one attached hydrogen (secondary N) is 2. The quantitative estimate of drug-likeness (QED) is 0.284. The summed E-state index contributed by atoms with van der Waals surface area (Å²) < 4.78 is 54.2. The average Bonchev–Trinajstić information content (AvgIpc) is 3.11. The van der Waals surface area contributed by atoms with Crippen molar-refractivity contribution in [3.63, 3.8) is 0 Å². The highest BCUT2D eigenvalue weighted by Crippen LogP contribution is 2.54. The molecule has 0 saturated heterocycles. The van der Waals surface area contributed by atoms with E-state index in [2.05, 4.69) is 5.32 Å². The van der Waals surface area contributed by atoms with E-state index in [1.165, 1.54) is 6.07 Å². The summed E-state index contributed by atoms with van der Waals surface area (Å²) in [6.07, 6.45) is -3.97.